The third-order valence-electron chi connectivity index (χ3n) is 3.58. The Kier molecular flexibility index (Phi) is 3.84. The summed E-state index contributed by atoms with van der Waals surface area (Å²) < 4.78 is 0.732. The van der Waals surface area contributed by atoms with E-state index in [-0.39, 0.29) is 0 Å². The topological polar surface area (TPSA) is 75.9 Å². The fourth-order valence-electron chi connectivity index (χ4n) is 2.58. The maximum atomic E-state index is 5.43. The minimum atomic E-state index is 0.562. The first-order valence-corrected chi connectivity index (χ1v) is 7.44. The molecule has 6 heteroatoms. The summed E-state index contributed by atoms with van der Waals surface area (Å²) in [4.78, 5) is 8.32. The third-order valence-corrected chi connectivity index (χ3v) is 4.33. The van der Waals surface area contributed by atoms with Gasteiger partial charge < -0.3 is 10.7 Å². The molecule has 2 aromatic rings. The van der Waals surface area contributed by atoms with Crippen LogP contribution in [0.4, 0.5) is 17.3 Å². The van der Waals surface area contributed by atoms with E-state index in [9.17, 15) is 0 Å². The number of anilines is 3. The average molecular weight is 334 g/mol. The predicted molar refractivity (Wildman–Crippen MR) is 83.9 cm³/mol. The highest BCUT2D eigenvalue weighted by molar-refractivity contribution is 9.10. The Balaban J connectivity index is 1.96. The maximum absolute atomic E-state index is 5.43. The lowest BCUT2D eigenvalue weighted by molar-refractivity contribution is 0.687. The number of hydrogen-bond donors (Lipinski definition) is 3. The number of aryl methyl sites for hydroxylation is 1. The zero-order valence-electron chi connectivity index (χ0n) is 11.0. The summed E-state index contributed by atoms with van der Waals surface area (Å²) in [5.74, 6) is 6.70. The van der Waals surface area contributed by atoms with Crippen LogP contribution in [0.15, 0.2) is 29.0 Å². The molecule has 4 N–H and O–H groups in total. The molecule has 0 bridgehead atoms. The number of halogens is 1. The van der Waals surface area contributed by atoms with Gasteiger partial charge in [-0.05, 0) is 58.8 Å². The first kappa shape index (κ1) is 13.3. The van der Waals surface area contributed by atoms with E-state index in [2.05, 4.69) is 54.8 Å². The van der Waals surface area contributed by atoms with Crippen LogP contribution in [-0.4, -0.2) is 9.97 Å². The fourth-order valence-corrected chi connectivity index (χ4v) is 3.00. The number of benzene rings is 1. The standard InChI is InChI=1S/C14H16BrN5/c15-12-13(17-8-18-14(12)20-16)19-11-7-3-5-9-4-1-2-6-10(9)11/h3,5,7-8H,1-2,4,6,16H2,(H2,17,18,19,20). The van der Waals surface area contributed by atoms with Crippen LogP contribution in [0.1, 0.15) is 24.0 Å². The predicted octanol–water partition coefficient (Wildman–Crippen LogP) is 3.15. The van der Waals surface area contributed by atoms with Gasteiger partial charge in [0.2, 0.25) is 0 Å². The van der Waals surface area contributed by atoms with Crippen LogP contribution in [0.2, 0.25) is 0 Å². The molecule has 20 heavy (non-hydrogen) atoms. The lowest BCUT2D eigenvalue weighted by atomic mass is 9.90. The Morgan fingerprint density at radius 3 is 2.75 bits per heavy atom. The van der Waals surface area contributed by atoms with E-state index >= 15 is 0 Å². The van der Waals surface area contributed by atoms with E-state index in [4.69, 9.17) is 5.84 Å². The Morgan fingerprint density at radius 1 is 1.10 bits per heavy atom. The Hall–Kier alpha value is -1.66. The summed E-state index contributed by atoms with van der Waals surface area (Å²) >= 11 is 3.46. The Bertz CT molecular complexity index is 629. The van der Waals surface area contributed by atoms with Crippen LogP contribution in [0.3, 0.4) is 0 Å². The van der Waals surface area contributed by atoms with Crippen molar-refractivity contribution >= 4 is 33.3 Å². The quantitative estimate of drug-likeness (QED) is 0.594. The Morgan fingerprint density at radius 2 is 1.90 bits per heavy atom. The van der Waals surface area contributed by atoms with Gasteiger partial charge in [0.05, 0.1) is 0 Å². The second kappa shape index (κ2) is 5.76. The molecule has 1 heterocycles. The summed E-state index contributed by atoms with van der Waals surface area (Å²) in [5.41, 5.74) is 6.49. The van der Waals surface area contributed by atoms with Gasteiger partial charge in [0.15, 0.2) is 5.82 Å². The first-order valence-electron chi connectivity index (χ1n) is 6.64. The number of nitrogens with two attached hydrogens (primary N) is 1. The van der Waals surface area contributed by atoms with E-state index in [1.807, 2.05) is 0 Å². The highest BCUT2D eigenvalue weighted by Gasteiger charge is 2.15. The largest absolute Gasteiger partial charge is 0.339 e. The molecule has 3 rings (SSSR count). The lowest BCUT2D eigenvalue weighted by Gasteiger charge is -2.20. The van der Waals surface area contributed by atoms with Gasteiger partial charge in [-0.15, -0.1) is 0 Å². The van der Waals surface area contributed by atoms with Gasteiger partial charge >= 0.3 is 0 Å². The van der Waals surface area contributed by atoms with Gasteiger partial charge in [-0.2, -0.15) is 0 Å². The molecule has 0 fully saturated rings. The van der Waals surface area contributed by atoms with Crippen LogP contribution >= 0.6 is 15.9 Å². The van der Waals surface area contributed by atoms with E-state index < -0.39 is 0 Å². The molecule has 0 unspecified atom stereocenters. The van der Waals surface area contributed by atoms with E-state index in [1.54, 1.807) is 0 Å². The van der Waals surface area contributed by atoms with Gasteiger partial charge in [0.25, 0.3) is 0 Å². The molecule has 0 saturated carbocycles. The summed E-state index contributed by atoms with van der Waals surface area (Å²) in [5, 5.41) is 3.38. The lowest BCUT2D eigenvalue weighted by Crippen LogP contribution is -2.11. The summed E-state index contributed by atoms with van der Waals surface area (Å²) in [6.45, 7) is 0. The van der Waals surface area contributed by atoms with Crippen molar-refractivity contribution in [3.05, 3.63) is 40.1 Å². The second-order valence-corrected chi connectivity index (χ2v) is 5.60. The van der Waals surface area contributed by atoms with Crippen LogP contribution < -0.4 is 16.6 Å². The van der Waals surface area contributed by atoms with E-state index in [1.165, 1.54) is 30.3 Å². The molecule has 1 aromatic heterocycles. The first-order chi connectivity index (χ1) is 9.79. The van der Waals surface area contributed by atoms with Gasteiger partial charge in [-0.1, -0.05) is 12.1 Å². The number of hydrazine groups is 1. The second-order valence-electron chi connectivity index (χ2n) is 4.80. The number of aromatic nitrogens is 2. The van der Waals surface area contributed by atoms with Crippen molar-refractivity contribution in [2.75, 3.05) is 10.7 Å². The van der Waals surface area contributed by atoms with Crippen molar-refractivity contribution in [1.29, 1.82) is 0 Å². The molecule has 0 atom stereocenters. The normalized spacial score (nSPS) is 13.7. The van der Waals surface area contributed by atoms with Crippen LogP contribution in [0.25, 0.3) is 0 Å². The third kappa shape index (κ3) is 2.48. The number of rotatable bonds is 3. The van der Waals surface area contributed by atoms with Crippen molar-refractivity contribution in [3.63, 3.8) is 0 Å². The van der Waals surface area contributed by atoms with Crippen molar-refractivity contribution in [1.82, 2.24) is 9.97 Å². The number of fused-ring (bicyclic) bond motifs is 1. The van der Waals surface area contributed by atoms with Crippen LogP contribution in [-0.2, 0) is 12.8 Å². The fraction of sp³-hybridized carbons (Fsp3) is 0.286. The van der Waals surface area contributed by atoms with Crippen molar-refractivity contribution in [2.45, 2.75) is 25.7 Å². The molecular weight excluding hydrogens is 318 g/mol. The molecule has 0 spiro atoms. The van der Waals surface area contributed by atoms with E-state index in [0.29, 0.717) is 11.6 Å². The van der Waals surface area contributed by atoms with Gasteiger partial charge in [-0.3, -0.25) is 0 Å². The Labute approximate surface area is 126 Å². The average Bonchev–Trinajstić information content (AvgIpc) is 2.50. The minimum absolute atomic E-state index is 0.562. The molecular formula is C14H16BrN5. The maximum Gasteiger partial charge on any atom is 0.159 e. The minimum Gasteiger partial charge on any atom is -0.339 e. The summed E-state index contributed by atoms with van der Waals surface area (Å²) in [6.07, 6.45) is 6.27. The monoisotopic (exact) mass is 333 g/mol. The molecule has 1 aliphatic rings. The van der Waals surface area contributed by atoms with Crippen molar-refractivity contribution in [3.8, 4) is 0 Å². The molecule has 0 amide bonds. The summed E-state index contributed by atoms with van der Waals surface area (Å²) in [7, 11) is 0. The highest BCUT2D eigenvalue weighted by atomic mass is 79.9. The summed E-state index contributed by atoms with van der Waals surface area (Å²) in [6, 6.07) is 6.39. The molecule has 1 aliphatic carbocycles. The van der Waals surface area contributed by atoms with E-state index in [0.717, 1.165) is 23.0 Å². The highest BCUT2D eigenvalue weighted by Crippen LogP contribution is 2.33. The molecule has 0 saturated heterocycles. The SMILES string of the molecule is NNc1ncnc(Nc2cccc3c2CCCC3)c1Br. The molecule has 5 nitrogen and oxygen atoms in total. The molecule has 0 radical (unpaired) electrons. The molecule has 0 aliphatic heterocycles. The number of nitrogens with zero attached hydrogens (tertiary/aromatic N) is 2. The van der Waals surface area contributed by atoms with Gasteiger partial charge in [0.1, 0.15) is 16.6 Å². The number of nitrogen functional groups attached to an aromatic ring is 1. The van der Waals surface area contributed by atoms with Crippen molar-refractivity contribution < 1.29 is 0 Å². The zero-order valence-corrected chi connectivity index (χ0v) is 12.6. The zero-order chi connectivity index (χ0) is 13.9. The van der Waals surface area contributed by atoms with Gasteiger partial charge in [-0.25, -0.2) is 15.8 Å². The van der Waals surface area contributed by atoms with Crippen LogP contribution in [0.5, 0.6) is 0 Å². The molecule has 104 valence electrons. The van der Waals surface area contributed by atoms with Crippen molar-refractivity contribution in [2.24, 2.45) is 5.84 Å². The van der Waals surface area contributed by atoms with Crippen LogP contribution in [0, 0.1) is 0 Å². The van der Waals surface area contributed by atoms with Gasteiger partial charge in [0, 0.05) is 5.69 Å². The molecule has 1 aromatic carbocycles. The smallest absolute Gasteiger partial charge is 0.159 e. The number of nitrogens with one attached hydrogen (secondary N) is 2. The number of hydrogen-bond acceptors (Lipinski definition) is 5.